The van der Waals surface area contributed by atoms with Gasteiger partial charge < -0.3 is 10.2 Å². The van der Waals surface area contributed by atoms with Gasteiger partial charge in [-0.3, -0.25) is 0 Å². The molecule has 2 aromatic rings. The first kappa shape index (κ1) is 13.0. The molecule has 0 amide bonds. The predicted molar refractivity (Wildman–Crippen MR) is 60.3 cm³/mol. The van der Waals surface area contributed by atoms with Gasteiger partial charge in [-0.15, -0.1) is 0 Å². The molecule has 2 aromatic carbocycles. The molecule has 0 fully saturated rings. The van der Waals surface area contributed by atoms with Crippen LogP contribution in [0.15, 0.2) is 58.3 Å². The fourth-order valence-corrected chi connectivity index (χ4v) is 2.08. The summed E-state index contributed by atoms with van der Waals surface area (Å²) in [7, 11) is 0. The molecule has 16 heavy (non-hydrogen) atoms. The molecule has 0 unspecified atom stereocenters. The molecule has 2 nitrogen and oxygen atoms in total. The van der Waals surface area contributed by atoms with Gasteiger partial charge in [0.05, 0.1) is 9.79 Å². The van der Waals surface area contributed by atoms with Gasteiger partial charge in [-0.2, -0.15) is 0 Å². The minimum Gasteiger partial charge on any atom is -0.507 e. The van der Waals surface area contributed by atoms with E-state index in [-0.39, 0.29) is 28.0 Å². The monoisotopic (exact) mass is 276 g/mol. The number of aromatic hydroxyl groups is 2. The van der Waals surface area contributed by atoms with E-state index in [4.69, 9.17) is 0 Å². The maximum atomic E-state index is 9.56. The maximum absolute atomic E-state index is 9.56. The Morgan fingerprint density at radius 3 is 1.44 bits per heavy atom. The molecule has 4 heteroatoms. The molecule has 0 saturated carbocycles. The van der Waals surface area contributed by atoms with Crippen molar-refractivity contribution in [2.45, 2.75) is 9.79 Å². The Morgan fingerprint density at radius 1 is 0.688 bits per heavy atom. The van der Waals surface area contributed by atoms with Crippen LogP contribution in [-0.2, 0) is 16.5 Å². The molecule has 84 valence electrons. The van der Waals surface area contributed by atoms with Crippen molar-refractivity contribution in [1.82, 2.24) is 0 Å². The zero-order chi connectivity index (χ0) is 10.7. The smallest absolute Gasteiger partial charge is 0.507 e. The summed E-state index contributed by atoms with van der Waals surface area (Å²) in [6, 6.07) is 14.1. The van der Waals surface area contributed by atoms with Gasteiger partial charge in [0, 0.05) is 0 Å². The number of hydrogen-bond donors (Lipinski definition) is 2. The van der Waals surface area contributed by atoms with Crippen LogP contribution >= 0.6 is 11.8 Å². The minimum atomic E-state index is 0. The number of phenols is 2. The maximum Gasteiger partial charge on any atom is 2.00 e. The summed E-state index contributed by atoms with van der Waals surface area (Å²) in [4.78, 5) is 1.47. The Morgan fingerprint density at radius 2 is 1.06 bits per heavy atom. The predicted octanol–water partition coefficient (Wildman–Crippen LogP) is 3.25. The van der Waals surface area contributed by atoms with Crippen molar-refractivity contribution in [3.63, 3.8) is 0 Å². The standard InChI is InChI=1S/C12H10O2S.Ni/c13-9-5-1-3-7-11(9)15-12-8-4-2-6-10(12)14;/h1-8,13-14H;/q;+2. The van der Waals surface area contributed by atoms with Crippen molar-refractivity contribution < 1.29 is 26.7 Å². The van der Waals surface area contributed by atoms with Crippen LogP contribution in [0.5, 0.6) is 11.5 Å². The number of para-hydroxylation sites is 2. The normalized spacial score (nSPS) is 9.50. The topological polar surface area (TPSA) is 40.5 Å². The summed E-state index contributed by atoms with van der Waals surface area (Å²) >= 11 is 1.34. The van der Waals surface area contributed by atoms with Gasteiger partial charge in [0.15, 0.2) is 0 Å². The van der Waals surface area contributed by atoms with Gasteiger partial charge in [0.1, 0.15) is 11.5 Å². The first-order chi connectivity index (χ1) is 7.27. The van der Waals surface area contributed by atoms with E-state index in [9.17, 15) is 10.2 Å². The van der Waals surface area contributed by atoms with Gasteiger partial charge in [-0.05, 0) is 24.3 Å². The van der Waals surface area contributed by atoms with E-state index in [0.717, 1.165) is 9.79 Å². The summed E-state index contributed by atoms with van der Waals surface area (Å²) in [5.41, 5.74) is 0. The molecule has 2 N–H and O–H groups in total. The first-order valence-corrected chi connectivity index (χ1v) is 5.33. The average molecular weight is 277 g/mol. The van der Waals surface area contributed by atoms with Crippen LogP contribution in [0.3, 0.4) is 0 Å². The van der Waals surface area contributed by atoms with Crippen LogP contribution in [0.25, 0.3) is 0 Å². The summed E-state index contributed by atoms with van der Waals surface area (Å²) in [5.74, 6) is 0.455. The van der Waals surface area contributed by atoms with E-state index < -0.39 is 0 Å². The molecule has 0 spiro atoms. The van der Waals surface area contributed by atoms with Gasteiger partial charge in [0.2, 0.25) is 0 Å². The average Bonchev–Trinajstić information content (AvgIpc) is 2.24. The Labute approximate surface area is 108 Å². The third-order valence-electron chi connectivity index (χ3n) is 1.95. The fourth-order valence-electron chi connectivity index (χ4n) is 1.21. The third-order valence-corrected chi connectivity index (χ3v) is 3.08. The zero-order valence-corrected chi connectivity index (χ0v) is 10.0. The van der Waals surface area contributed by atoms with Crippen molar-refractivity contribution in [2.24, 2.45) is 0 Å². The molecule has 0 heterocycles. The van der Waals surface area contributed by atoms with E-state index in [1.807, 2.05) is 24.3 Å². The van der Waals surface area contributed by atoms with Crippen LogP contribution < -0.4 is 0 Å². The third kappa shape index (κ3) is 2.94. The molecule has 0 aliphatic rings. The molecule has 0 aromatic heterocycles. The SMILES string of the molecule is Oc1ccccc1Sc1ccccc1O.[Ni+2]. The van der Waals surface area contributed by atoms with Crippen LogP contribution in [0.4, 0.5) is 0 Å². The second-order valence-corrected chi connectivity index (χ2v) is 4.12. The van der Waals surface area contributed by atoms with Crippen molar-refractivity contribution >= 4 is 11.8 Å². The number of phenolic OH excluding ortho intramolecular Hbond substituents is 2. The van der Waals surface area contributed by atoms with Crippen molar-refractivity contribution in [3.05, 3.63) is 48.5 Å². The number of hydrogen-bond acceptors (Lipinski definition) is 3. The van der Waals surface area contributed by atoms with Crippen molar-refractivity contribution in [1.29, 1.82) is 0 Å². The zero-order valence-electron chi connectivity index (χ0n) is 8.24. The Kier molecular flexibility index (Phi) is 4.72. The summed E-state index contributed by atoms with van der Waals surface area (Å²) in [6.45, 7) is 0. The van der Waals surface area contributed by atoms with Gasteiger partial charge >= 0.3 is 16.5 Å². The Bertz CT molecular complexity index is 431. The van der Waals surface area contributed by atoms with Gasteiger partial charge in [0.25, 0.3) is 0 Å². The van der Waals surface area contributed by atoms with E-state index >= 15 is 0 Å². The molecule has 0 radical (unpaired) electrons. The second kappa shape index (κ2) is 5.83. The van der Waals surface area contributed by atoms with E-state index in [1.165, 1.54) is 11.8 Å². The van der Waals surface area contributed by atoms with Gasteiger partial charge in [-0.1, -0.05) is 36.0 Å². The largest absolute Gasteiger partial charge is 2.00 e. The Balaban J connectivity index is 0.00000128. The molecule has 0 aliphatic heterocycles. The number of benzene rings is 2. The van der Waals surface area contributed by atoms with Crippen molar-refractivity contribution in [3.8, 4) is 11.5 Å². The molecule has 0 bridgehead atoms. The van der Waals surface area contributed by atoms with Crippen LogP contribution in [0, 0.1) is 0 Å². The van der Waals surface area contributed by atoms with Crippen molar-refractivity contribution in [2.75, 3.05) is 0 Å². The van der Waals surface area contributed by atoms with E-state index in [1.54, 1.807) is 24.3 Å². The van der Waals surface area contributed by atoms with Crippen LogP contribution in [0.1, 0.15) is 0 Å². The molecule has 0 saturated heterocycles. The van der Waals surface area contributed by atoms with E-state index in [2.05, 4.69) is 0 Å². The van der Waals surface area contributed by atoms with E-state index in [0.29, 0.717) is 0 Å². The van der Waals surface area contributed by atoms with Gasteiger partial charge in [-0.25, -0.2) is 0 Å². The second-order valence-electron chi connectivity index (χ2n) is 3.04. The van der Waals surface area contributed by atoms with Crippen LogP contribution in [0.2, 0.25) is 0 Å². The quantitative estimate of drug-likeness (QED) is 0.828. The summed E-state index contributed by atoms with van der Waals surface area (Å²) in [6.07, 6.45) is 0. The first-order valence-electron chi connectivity index (χ1n) is 4.51. The molecule has 0 atom stereocenters. The molecule has 2 rings (SSSR count). The molecular formula is C12H10NiO2S+2. The molecular weight excluding hydrogens is 267 g/mol. The Hall–Kier alpha value is -1.12. The summed E-state index contributed by atoms with van der Waals surface area (Å²) < 4.78 is 0. The fraction of sp³-hybridized carbons (Fsp3) is 0. The molecule has 0 aliphatic carbocycles. The van der Waals surface area contributed by atoms with Crippen LogP contribution in [-0.4, -0.2) is 10.2 Å². The minimum absolute atomic E-state index is 0. The summed E-state index contributed by atoms with van der Waals surface area (Å²) in [5, 5.41) is 19.1. The number of rotatable bonds is 2.